The van der Waals surface area contributed by atoms with Crippen molar-refractivity contribution in [2.24, 2.45) is 5.92 Å². The average molecular weight is 296 g/mol. The van der Waals surface area contributed by atoms with Crippen molar-refractivity contribution in [3.05, 3.63) is 35.6 Å². The number of hydrogen-bond acceptors (Lipinski definition) is 5. The minimum atomic E-state index is 0.226. The Morgan fingerprint density at radius 1 is 1.32 bits per heavy atom. The fraction of sp³-hybridized carbons (Fsp3) is 0.375. The van der Waals surface area contributed by atoms with Crippen LogP contribution in [0.4, 0.5) is 0 Å². The number of rotatable bonds is 4. The molecule has 0 unspecified atom stereocenters. The van der Waals surface area contributed by atoms with Crippen molar-refractivity contribution < 1.29 is 9.21 Å². The lowest BCUT2D eigenvalue weighted by Gasteiger charge is -2.04. The first-order valence-electron chi connectivity index (χ1n) is 7.42. The number of ketones is 1. The normalized spacial score (nSPS) is 14.6. The molecule has 0 atom stereocenters. The molecule has 0 aliphatic heterocycles. The number of hydrogen-bond donors (Lipinski definition) is 0. The van der Waals surface area contributed by atoms with E-state index in [1.165, 1.54) is 0 Å². The van der Waals surface area contributed by atoms with Crippen molar-refractivity contribution in [3.8, 4) is 11.5 Å². The van der Waals surface area contributed by atoms with E-state index in [9.17, 15) is 4.79 Å². The smallest absolute Gasteiger partial charge is 0.185 e. The lowest BCUT2D eigenvalue weighted by atomic mass is 10.1. The molecule has 0 radical (unpaired) electrons. The van der Waals surface area contributed by atoms with Gasteiger partial charge in [-0.2, -0.15) is 5.10 Å². The van der Waals surface area contributed by atoms with Crippen molar-refractivity contribution in [1.82, 2.24) is 19.6 Å². The van der Waals surface area contributed by atoms with Crippen LogP contribution in [0.25, 0.3) is 17.1 Å². The van der Waals surface area contributed by atoms with E-state index in [4.69, 9.17) is 4.42 Å². The van der Waals surface area contributed by atoms with Crippen LogP contribution in [0, 0.1) is 19.8 Å². The van der Waals surface area contributed by atoms with Gasteiger partial charge in [0.1, 0.15) is 17.4 Å². The van der Waals surface area contributed by atoms with Crippen LogP contribution in [0.3, 0.4) is 0 Å². The van der Waals surface area contributed by atoms with Crippen molar-refractivity contribution in [3.63, 3.8) is 0 Å². The highest BCUT2D eigenvalue weighted by Gasteiger charge is 2.30. The van der Waals surface area contributed by atoms with Crippen LogP contribution in [0.5, 0.6) is 0 Å². The molecule has 22 heavy (non-hydrogen) atoms. The maximum absolute atomic E-state index is 12.1. The van der Waals surface area contributed by atoms with Gasteiger partial charge in [0.15, 0.2) is 17.1 Å². The summed E-state index contributed by atoms with van der Waals surface area (Å²) in [5.41, 5.74) is 1.99. The molecule has 1 saturated carbocycles. The minimum absolute atomic E-state index is 0.226. The number of carbonyl (C=O) groups excluding carboxylic acids is 1. The van der Waals surface area contributed by atoms with E-state index < -0.39 is 0 Å². The molecular weight excluding hydrogens is 280 g/mol. The molecule has 3 heterocycles. The minimum Gasteiger partial charge on any atom is -0.460 e. The summed E-state index contributed by atoms with van der Waals surface area (Å²) < 4.78 is 7.36. The van der Waals surface area contributed by atoms with Gasteiger partial charge in [0.05, 0.1) is 18.3 Å². The van der Waals surface area contributed by atoms with Gasteiger partial charge in [-0.15, -0.1) is 0 Å². The molecule has 0 amide bonds. The van der Waals surface area contributed by atoms with E-state index in [1.807, 2.05) is 26.0 Å². The molecule has 6 heteroatoms. The van der Waals surface area contributed by atoms with Gasteiger partial charge in [-0.1, -0.05) is 0 Å². The lowest BCUT2D eigenvalue weighted by Crippen LogP contribution is -2.08. The molecular formula is C16H16N4O2. The third-order valence-electron chi connectivity index (χ3n) is 3.84. The highest BCUT2D eigenvalue weighted by molar-refractivity contribution is 5.85. The molecule has 0 saturated heterocycles. The van der Waals surface area contributed by atoms with Crippen LogP contribution >= 0.6 is 0 Å². The fourth-order valence-corrected chi connectivity index (χ4v) is 2.59. The second-order valence-electron chi connectivity index (χ2n) is 5.84. The van der Waals surface area contributed by atoms with Crippen molar-refractivity contribution >= 4 is 11.4 Å². The Balaban J connectivity index is 1.83. The number of furan rings is 1. The first-order chi connectivity index (χ1) is 10.6. The van der Waals surface area contributed by atoms with Gasteiger partial charge >= 0.3 is 0 Å². The molecule has 4 rings (SSSR count). The van der Waals surface area contributed by atoms with Gasteiger partial charge in [-0.25, -0.2) is 14.5 Å². The summed E-state index contributed by atoms with van der Waals surface area (Å²) in [5, 5.41) is 4.35. The first kappa shape index (κ1) is 13.2. The van der Waals surface area contributed by atoms with Gasteiger partial charge in [-0.05, 0) is 38.8 Å². The van der Waals surface area contributed by atoms with E-state index in [0.717, 1.165) is 18.6 Å². The Morgan fingerprint density at radius 3 is 2.82 bits per heavy atom. The zero-order valence-corrected chi connectivity index (χ0v) is 12.5. The SMILES string of the molecule is Cc1nc2c(-c3ccc(C)o3)nc(CC(=O)C3CC3)cn2n1. The van der Waals surface area contributed by atoms with E-state index in [-0.39, 0.29) is 11.7 Å². The van der Waals surface area contributed by atoms with E-state index in [0.29, 0.717) is 35.0 Å². The molecule has 1 aliphatic carbocycles. The third-order valence-corrected chi connectivity index (χ3v) is 3.84. The largest absolute Gasteiger partial charge is 0.460 e. The summed E-state index contributed by atoms with van der Waals surface area (Å²) >= 11 is 0. The predicted molar refractivity (Wildman–Crippen MR) is 79.4 cm³/mol. The summed E-state index contributed by atoms with van der Waals surface area (Å²) in [7, 11) is 0. The summed E-state index contributed by atoms with van der Waals surface area (Å²) in [5.74, 6) is 2.60. The van der Waals surface area contributed by atoms with Crippen molar-refractivity contribution in [2.45, 2.75) is 33.1 Å². The second-order valence-corrected chi connectivity index (χ2v) is 5.84. The zero-order chi connectivity index (χ0) is 15.3. The predicted octanol–water partition coefficient (Wildman–Crippen LogP) is 2.52. The molecule has 1 aliphatic rings. The molecule has 6 nitrogen and oxygen atoms in total. The highest BCUT2D eigenvalue weighted by Crippen LogP contribution is 2.31. The van der Waals surface area contributed by atoms with Crippen molar-refractivity contribution in [1.29, 1.82) is 0 Å². The van der Waals surface area contributed by atoms with Crippen LogP contribution in [-0.4, -0.2) is 25.4 Å². The van der Waals surface area contributed by atoms with Crippen LogP contribution in [0.1, 0.15) is 30.1 Å². The summed E-state index contributed by atoms with van der Waals surface area (Å²) in [6, 6.07) is 3.76. The Morgan fingerprint density at radius 2 is 2.14 bits per heavy atom. The van der Waals surface area contributed by atoms with Crippen LogP contribution in [-0.2, 0) is 11.2 Å². The van der Waals surface area contributed by atoms with Gasteiger partial charge in [-0.3, -0.25) is 4.79 Å². The monoisotopic (exact) mass is 296 g/mol. The van der Waals surface area contributed by atoms with Crippen LogP contribution in [0.2, 0.25) is 0 Å². The Labute approximate surface area is 127 Å². The molecule has 3 aromatic heterocycles. The van der Waals surface area contributed by atoms with Gasteiger partial charge < -0.3 is 4.42 Å². The maximum atomic E-state index is 12.1. The zero-order valence-electron chi connectivity index (χ0n) is 12.5. The Hall–Kier alpha value is -2.50. The number of nitrogens with zero attached hydrogens (tertiary/aromatic N) is 4. The standard InChI is InChI=1S/C16H16N4O2/c1-9-3-6-14(22-9)15-16-17-10(2)19-20(16)8-12(18-15)7-13(21)11-4-5-11/h3,6,8,11H,4-5,7H2,1-2H3. The molecule has 0 bridgehead atoms. The maximum Gasteiger partial charge on any atom is 0.185 e. The molecule has 0 spiro atoms. The van der Waals surface area contributed by atoms with E-state index >= 15 is 0 Å². The number of fused-ring (bicyclic) bond motifs is 1. The summed E-state index contributed by atoms with van der Waals surface area (Å²) in [6.07, 6.45) is 4.14. The Kier molecular flexibility index (Phi) is 2.85. The number of carbonyl (C=O) groups is 1. The number of aryl methyl sites for hydroxylation is 2. The second kappa shape index (κ2) is 4.76. The van der Waals surface area contributed by atoms with Gasteiger partial charge in [0.2, 0.25) is 0 Å². The topological polar surface area (TPSA) is 73.3 Å². The summed E-state index contributed by atoms with van der Waals surface area (Å²) in [4.78, 5) is 21.1. The molecule has 1 fully saturated rings. The third kappa shape index (κ3) is 2.30. The lowest BCUT2D eigenvalue weighted by molar-refractivity contribution is -0.119. The Bertz CT molecular complexity index is 874. The number of aromatic nitrogens is 4. The summed E-state index contributed by atoms with van der Waals surface area (Å²) in [6.45, 7) is 3.72. The van der Waals surface area contributed by atoms with Gasteiger partial charge in [0.25, 0.3) is 0 Å². The quantitative estimate of drug-likeness (QED) is 0.739. The molecule has 0 aromatic carbocycles. The molecule has 0 N–H and O–H groups in total. The molecule has 3 aromatic rings. The highest BCUT2D eigenvalue weighted by atomic mass is 16.3. The number of Topliss-reactive ketones (excluding diaryl/α,β-unsaturated/α-hetero) is 1. The molecule has 112 valence electrons. The van der Waals surface area contributed by atoms with Crippen LogP contribution in [0.15, 0.2) is 22.7 Å². The fourth-order valence-electron chi connectivity index (χ4n) is 2.59. The van der Waals surface area contributed by atoms with E-state index in [2.05, 4.69) is 15.1 Å². The van der Waals surface area contributed by atoms with Crippen molar-refractivity contribution in [2.75, 3.05) is 0 Å². The van der Waals surface area contributed by atoms with Crippen LogP contribution < -0.4 is 0 Å². The van der Waals surface area contributed by atoms with Gasteiger partial charge in [0, 0.05) is 5.92 Å². The first-order valence-corrected chi connectivity index (χ1v) is 7.42. The van der Waals surface area contributed by atoms with E-state index in [1.54, 1.807) is 10.7 Å². The average Bonchev–Trinajstić information content (AvgIpc) is 3.13.